The van der Waals surface area contributed by atoms with Gasteiger partial charge in [0.1, 0.15) is 5.75 Å². The fourth-order valence-electron chi connectivity index (χ4n) is 2.73. The Bertz CT molecular complexity index is 1060. The third-order valence-corrected chi connectivity index (χ3v) is 4.01. The highest BCUT2D eigenvalue weighted by atomic mass is 19.4. The predicted octanol–water partition coefficient (Wildman–Crippen LogP) is 3.87. The van der Waals surface area contributed by atoms with Crippen molar-refractivity contribution in [1.29, 1.82) is 0 Å². The molecule has 3 aromatic rings. The van der Waals surface area contributed by atoms with Crippen LogP contribution in [0.4, 0.5) is 13.2 Å². The van der Waals surface area contributed by atoms with E-state index in [9.17, 15) is 18.0 Å². The smallest absolute Gasteiger partial charge is 0.493 e. The Balaban J connectivity index is 1.91. The molecular formula is C20H17F3N2O4. The van der Waals surface area contributed by atoms with Crippen LogP contribution in [-0.2, 0) is 6.54 Å². The van der Waals surface area contributed by atoms with Crippen molar-refractivity contribution in [2.24, 2.45) is 0 Å². The van der Waals surface area contributed by atoms with Gasteiger partial charge in [0.2, 0.25) is 0 Å². The molecule has 1 aromatic heterocycles. The number of hydrogen-bond donors (Lipinski definition) is 0. The van der Waals surface area contributed by atoms with Crippen LogP contribution in [0, 0.1) is 0 Å². The first-order valence-electron chi connectivity index (χ1n) is 8.44. The van der Waals surface area contributed by atoms with Gasteiger partial charge < -0.3 is 14.2 Å². The van der Waals surface area contributed by atoms with E-state index in [0.717, 1.165) is 0 Å². The van der Waals surface area contributed by atoms with Crippen molar-refractivity contribution in [3.8, 4) is 28.5 Å². The maximum absolute atomic E-state index is 12.4. The van der Waals surface area contributed by atoms with Gasteiger partial charge in [-0.1, -0.05) is 12.1 Å². The molecule has 2 aromatic carbocycles. The summed E-state index contributed by atoms with van der Waals surface area (Å²) in [5, 5.41) is 4.32. The normalized spacial score (nSPS) is 11.2. The van der Waals surface area contributed by atoms with Gasteiger partial charge in [-0.2, -0.15) is 5.10 Å². The number of aromatic nitrogens is 2. The van der Waals surface area contributed by atoms with Crippen molar-refractivity contribution in [2.75, 3.05) is 14.2 Å². The third-order valence-electron chi connectivity index (χ3n) is 4.01. The zero-order valence-corrected chi connectivity index (χ0v) is 15.6. The van der Waals surface area contributed by atoms with Gasteiger partial charge in [0, 0.05) is 11.6 Å². The lowest BCUT2D eigenvalue weighted by atomic mass is 10.1. The number of alkyl halides is 3. The first kappa shape index (κ1) is 20.2. The monoisotopic (exact) mass is 406 g/mol. The SMILES string of the molecule is COc1ccc(-c2ccc(=O)n(Cc3cccc(OC(F)(F)F)c3)n2)cc1OC. The Morgan fingerprint density at radius 2 is 1.72 bits per heavy atom. The molecule has 0 saturated carbocycles. The Hall–Kier alpha value is -3.49. The number of ether oxygens (including phenoxy) is 3. The number of methoxy groups -OCH3 is 2. The highest BCUT2D eigenvalue weighted by Crippen LogP contribution is 2.31. The lowest BCUT2D eigenvalue weighted by molar-refractivity contribution is -0.274. The largest absolute Gasteiger partial charge is 0.573 e. The molecule has 1 heterocycles. The summed E-state index contributed by atoms with van der Waals surface area (Å²) in [7, 11) is 3.03. The van der Waals surface area contributed by atoms with Gasteiger partial charge in [-0.05, 0) is 42.0 Å². The highest BCUT2D eigenvalue weighted by Gasteiger charge is 2.31. The maximum atomic E-state index is 12.4. The molecule has 9 heteroatoms. The lowest BCUT2D eigenvalue weighted by Gasteiger charge is -2.12. The van der Waals surface area contributed by atoms with Gasteiger partial charge in [-0.3, -0.25) is 4.79 Å². The van der Waals surface area contributed by atoms with E-state index in [2.05, 4.69) is 9.84 Å². The van der Waals surface area contributed by atoms with Crippen LogP contribution in [0.3, 0.4) is 0 Å². The van der Waals surface area contributed by atoms with Crippen LogP contribution in [0.5, 0.6) is 17.2 Å². The van der Waals surface area contributed by atoms with Gasteiger partial charge >= 0.3 is 6.36 Å². The second-order valence-corrected chi connectivity index (χ2v) is 5.98. The summed E-state index contributed by atoms with van der Waals surface area (Å²) in [5.41, 5.74) is 1.22. The van der Waals surface area contributed by atoms with Crippen LogP contribution >= 0.6 is 0 Å². The summed E-state index contributed by atoms with van der Waals surface area (Å²) in [6.45, 7) is -0.0188. The summed E-state index contributed by atoms with van der Waals surface area (Å²) in [6.07, 6.45) is -4.79. The molecule has 6 nitrogen and oxygen atoms in total. The zero-order valence-electron chi connectivity index (χ0n) is 15.6. The Kier molecular flexibility index (Phi) is 5.76. The highest BCUT2D eigenvalue weighted by molar-refractivity contribution is 5.63. The number of hydrogen-bond acceptors (Lipinski definition) is 5. The van der Waals surface area contributed by atoms with Gasteiger partial charge in [-0.15, -0.1) is 13.2 Å². The number of halogens is 3. The van der Waals surface area contributed by atoms with Crippen molar-refractivity contribution < 1.29 is 27.4 Å². The van der Waals surface area contributed by atoms with E-state index in [-0.39, 0.29) is 12.3 Å². The second-order valence-electron chi connectivity index (χ2n) is 5.98. The van der Waals surface area contributed by atoms with Gasteiger partial charge in [0.15, 0.2) is 11.5 Å². The minimum absolute atomic E-state index is 0.0188. The third kappa shape index (κ3) is 5.07. The Morgan fingerprint density at radius 1 is 0.966 bits per heavy atom. The molecule has 0 fully saturated rings. The number of nitrogens with zero attached hydrogens (tertiary/aromatic N) is 2. The lowest BCUT2D eigenvalue weighted by Crippen LogP contribution is -2.23. The molecule has 0 aliphatic heterocycles. The molecule has 29 heavy (non-hydrogen) atoms. The summed E-state index contributed by atoms with van der Waals surface area (Å²) >= 11 is 0. The van der Waals surface area contributed by atoms with E-state index in [1.807, 2.05) is 0 Å². The van der Waals surface area contributed by atoms with Crippen LogP contribution < -0.4 is 19.8 Å². The molecule has 152 valence electrons. The number of rotatable bonds is 6. The van der Waals surface area contributed by atoms with E-state index in [1.54, 1.807) is 30.3 Å². The van der Waals surface area contributed by atoms with E-state index in [0.29, 0.717) is 28.3 Å². The molecule has 0 N–H and O–H groups in total. The summed E-state index contributed by atoms with van der Waals surface area (Å²) in [4.78, 5) is 12.2. The minimum atomic E-state index is -4.79. The average molecular weight is 406 g/mol. The van der Waals surface area contributed by atoms with Gasteiger partial charge in [0.25, 0.3) is 5.56 Å². The van der Waals surface area contributed by atoms with Crippen molar-refractivity contribution >= 4 is 0 Å². The molecule has 0 aliphatic carbocycles. The molecule has 0 radical (unpaired) electrons. The molecule has 0 saturated heterocycles. The van der Waals surface area contributed by atoms with Crippen molar-refractivity contribution in [3.05, 3.63) is 70.5 Å². The Morgan fingerprint density at radius 3 is 2.41 bits per heavy atom. The van der Waals surface area contributed by atoms with Crippen molar-refractivity contribution in [3.63, 3.8) is 0 Å². The van der Waals surface area contributed by atoms with E-state index >= 15 is 0 Å². The van der Waals surface area contributed by atoms with Gasteiger partial charge in [-0.25, -0.2) is 4.68 Å². The quantitative estimate of drug-likeness (QED) is 0.622. The van der Waals surface area contributed by atoms with E-state index in [4.69, 9.17) is 9.47 Å². The fourth-order valence-corrected chi connectivity index (χ4v) is 2.73. The molecular weight excluding hydrogens is 389 g/mol. The van der Waals surface area contributed by atoms with Crippen LogP contribution in [0.1, 0.15) is 5.56 Å². The predicted molar refractivity (Wildman–Crippen MR) is 99.3 cm³/mol. The first-order valence-corrected chi connectivity index (χ1v) is 8.44. The standard InChI is InChI=1S/C20H17F3N2O4/c1-27-17-8-6-14(11-18(17)28-2)16-7-9-19(26)25(24-16)12-13-4-3-5-15(10-13)29-20(21,22)23/h3-11H,12H2,1-2H3. The van der Waals surface area contributed by atoms with Crippen molar-refractivity contribution in [1.82, 2.24) is 9.78 Å². The summed E-state index contributed by atoms with van der Waals surface area (Å²) < 4.78 is 52.8. The van der Waals surface area contributed by atoms with Crippen LogP contribution in [0.15, 0.2) is 59.4 Å². The first-order chi connectivity index (χ1) is 13.8. The second kappa shape index (κ2) is 8.26. The van der Waals surface area contributed by atoms with Crippen LogP contribution in [0.25, 0.3) is 11.3 Å². The molecule has 0 aliphatic rings. The molecule has 0 amide bonds. The molecule has 0 spiro atoms. The zero-order chi connectivity index (χ0) is 21.0. The molecule has 0 atom stereocenters. The number of benzene rings is 2. The molecule has 0 bridgehead atoms. The Labute approximate surface area is 164 Å². The van der Waals surface area contributed by atoms with Gasteiger partial charge in [0.05, 0.1) is 26.5 Å². The molecule has 3 rings (SSSR count). The maximum Gasteiger partial charge on any atom is 0.573 e. The fraction of sp³-hybridized carbons (Fsp3) is 0.200. The van der Waals surface area contributed by atoms with Crippen molar-refractivity contribution in [2.45, 2.75) is 12.9 Å². The summed E-state index contributed by atoms with van der Waals surface area (Å²) in [6, 6.07) is 13.5. The van der Waals surface area contributed by atoms with Crippen LogP contribution in [0.2, 0.25) is 0 Å². The minimum Gasteiger partial charge on any atom is -0.493 e. The van der Waals surface area contributed by atoms with E-state index in [1.165, 1.54) is 43.2 Å². The topological polar surface area (TPSA) is 62.6 Å². The van der Waals surface area contributed by atoms with E-state index < -0.39 is 11.9 Å². The molecule has 0 unspecified atom stereocenters. The van der Waals surface area contributed by atoms with Crippen LogP contribution in [-0.4, -0.2) is 30.4 Å². The summed E-state index contributed by atoms with van der Waals surface area (Å²) in [5.74, 6) is 0.687. The average Bonchev–Trinajstić information content (AvgIpc) is 2.68.